The summed E-state index contributed by atoms with van der Waals surface area (Å²) in [5.41, 5.74) is 6.64. The quantitative estimate of drug-likeness (QED) is 0.726. The van der Waals surface area contributed by atoms with Gasteiger partial charge in [0, 0.05) is 19.6 Å². The van der Waals surface area contributed by atoms with Gasteiger partial charge in [-0.2, -0.15) is 8.78 Å². The van der Waals surface area contributed by atoms with E-state index in [2.05, 4.69) is 15.6 Å². The van der Waals surface area contributed by atoms with Crippen LogP contribution in [0.3, 0.4) is 0 Å². The van der Waals surface area contributed by atoms with E-state index in [-0.39, 0.29) is 17.7 Å². The molecule has 26 heavy (non-hydrogen) atoms. The number of halogens is 2. The van der Waals surface area contributed by atoms with Crippen LogP contribution in [0.2, 0.25) is 0 Å². The van der Waals surface area contributed by atoms with Crippen molar-refractivity contribution in [3.63, 3.8) is 0 Å². The largest absolute Gasteiger partial charge is 0.481 e. The van der Waals surface area contributed by atoms with E-state index >= 15 is 0 Å². The number of hydrogen-bond acceptors (Lipinski definition) is 5. The molecule has 2 saturated heterocycles. The molecule has 2 aliphatic heterocycles. The fourth-order valence-electron chi connectivity index (χ4n) is 3.51. The number of hydrazine groups is 1. The Bertz CT molecular complexity index is 665. The summed E-state index contributed by atoms with van der Waals surface area (Å²) in [4.78, 5) is 25.6. The second-order valence-corrected chi connectivity index (χ2v) is 6.50. The number of rotatable bonds is 5. The van der Waals surface area contributed by atoms with E-state index in [1.165, 1.54) is 12.1 Å². The van der Waals surface area contributed by atoms with Gasteiger partial charge in [0.2, 0.25) is 5.91 Å². The smallest absolute Gasteiger partial charge is 0.387 e. The van der Waals surface area contributed by atoms with E-state index < -0.39 is 24.4 Å². The maximum Gasteiger partial charge on any atom is 0.387 e. The number of alkyl halides is 2. The number of piperidine rings is 1. The lowest BCUT2D eigenvalue weighted by molar-refractivity contribution is -0.146. The van der Waals surface area contributed by atoms with Crippen LogP contribution in [-0.2, 0) is 9.59 Å². The third-order valence-electron chi connectivity index (χ3n) is 4.90. The summed E-state index contributed by atoms with van der Waals surface area (Å²) in [6, 6.07) is 5.91. The van der Waals surface area contributed by atoms with Crippen molar-refractivity contribution in [3.05, 3.63) is 29.8 Å². The number of carboxylic acid groups (broad SMARTS) is 1. The summed E-state index contributed by atoms with van der Waals surface area (Å²) in [5, 5.41) is 9.07. The number of nitrogens with one attached hydrogen (secondary N) is 2. The van der Waals surface area contributed by atoms with Crippen molar-refractivity contribution >= 4 is 11.9 Å². The predicted molar refractivity (Wildman–Crippen MR) is 87.4 cm³/mol. The van der Waals surface area contributed by atoms with Crippen LogP contribution in [-0.4, -0.2) is 48.1 Å². The van der Waals surface area contributed by atoms with Gasteiger partial charge in [-0.25, -0.2) is 5.43 Å². The van der Waals surface area contributed by atoms with Crippen LogP contribution >= 0.6 is 0 Å². The topological polar surface area (TPSA) is 90.9 Å². The molecule has 1 amide bonds. The molecule has 2 atom stereocenters. The highest BCUT2D eigenvalue weighted by molar-refractivity contribution is 5.81. The Kier molecular flexibility index (Phi) is 5.67. The molecule has 0 saturated carbocycles. The van der Waals surface area contributed by atoms with Gasteiger partial charge < -0.3 is 14.7 Å². The minimum Gasteiger partial charge on any atom is -0.481 e. The Labute approximate surface area is 149 Å². The number of hydrogen-bond donors (Lipinski definition) is 3. The highest BCUT2D eigenvalue weighted by atomic mass is 19.3. The Morgan fingerprint density at radius 1 is 1.27 bits per heavy atom. The van der Waals surface area contributed by atoms with Gasteiger partial charge in [-0.05, 0) is 30.5 Å². The van der Waals surface area contributed by atoms with Gasteiger partial charge in [-0.3, -0.25) is 15.0 Å². The van der Waals surface area contributed by atoms with E-state index in [1.807, 2.05) is 0 Å². The van der Waals surface area contributed by atoms with Gasteiger partial charge in [-0.15, -0.1) is 0 Å². The summed E-state index contributed by atoms with van der Waals surface area (Å²) in [7, 11) is 0. The molecular weight excluding hydrogens is 348 g/mol. The lowest BCUT2D eigenvalue weighted by Gasteiger charge is -2.33. The molecule has 7 nitrogen and oxygen atoms in total. The lowest BCUT2D eigenvalue weighted by Crippen LogP contribution is -2.44. The van der Waals surface area contributed by atoms with E-state index in [0.29, 0.717) is 38.0 Å². The first-order chi connectivity index (χ1) is 12.5. The molecule has 0 bridgehead atoms. The van der Waals surface area contributed by atoms with Crippen molar-refractivity contribution in [2.24, 2.45) is 11.8 Å². The number of amides is 1. The third-order valence-corrected chi connectivity index (χ3v) is 4.90. The van der Waals surface area contributed by atoms with E-state index in [0.717, 1.165) is 0 Å². The first kappa shape index (κ1) is 18.5. The summed E-state index contributed by atoms with van der Waals surface area (Å²) < 4.78 is 29.3. The highest BCUT2D eigenvalue weighted by Crippen LogP contribution is 2.30. The summed E-state index contributed by atoms with van der Waals surface area (Å²) in [6.07, 6.45) is 0.883. The number of aliphatic carboxylic acids is 1. The second kappa shape index (κ2) is 7.96. The van der Waals surface area contributed by atoms with Crippen LogP contribution in [0.5, 0.6) is 5.75 Å². The molecule has 3 N–H and O–H groups in total. The molecule has 3 rings (SSSR count). The monoisotopic (exact) mass is 369 g/mol. The van der Waals surface area contributed by atoms with Crippen molar-refractivity contribution in [2.45, 2.75) is 25.5 Å². The number of carboxylic acids is 1. The van der Waals surface area contributed by atoms with E-state index in [1.54, 1.807) is 17.0 Å². The van der Waals surface area contributed by atoms with Gasteiger partial charge in [0.05, 0.1) is 17.9 Å². The van der Waals surface area contributed by atoms with Crippen molar-refractivity contribution in [1.82, 2.24) is 15.8 Å². The molecule has 0 radical (unpaired) electrons. The second-order valence-electron chi connectivity index (χ2n) is 6.50. The maximum absolute atomic E-state index is 12.9. The van der Waals surface area contributed by atoms with Crippen LogP contribution in [0, 0.1) is 11.8 Å². The van der Waals surface area contributed by atoms with Crippen molar-refractivity contribution < 1.29 is 28.2 Å². The zero-order valence-corrected chi connectivity index (χ0v) is 14.0. The Morgan fingerprint density at radius 3 is 2.65 bits per heavy atom. The number of carbonyl (C=O) groups excluding carboxylic acids is 1. The normalized spacial score (nSPS) is 24.0. The summed E-state index contributed by atoms with van der Waals surface area (Å²) in [5.74, 6) is -1.66. The standard InChI is InChI=1S/C17H21F2N3O4/c18-17(19)26-12-3-1-2-11(8-12)14-13(9-20-21-14)15(23)22-6-4-10(5-7-22)16(24)25/h1-3,8,10,13-14,17,20-21H,4-7,9H2,(H,24,25). The molecule has 2 aliphatic rings. The minimum absolute atomic E-state index is 0.0414. The molecule has 1 aromatic rings. The molecule has 0 aromatic heterocycles. The molecule has 9 heteroatoms. The molecular formula is C17H21F2N3O4. The average Bonchev–Trinajstić information content (AvgIpc) is 3.10. The first-order valence-corrected chi connectivity index (χ1v) is 8.50. The maximum atomic E-state index is 12.9. The number of nitrogens with zero attached hydrogens (tertiary/aromatic N) is 1. The summed E-state index contributed by atoms with van der Waals surface area (Å²) >= 11 is 0. The lowest BCUT2D eigenvalue weighted by atomic mass is 9.91. The van der Waals surface area contributed by atoms with Crippen molar-refractivity contribution in [2.75, 3.05) is 19.6 Å². The van der Waals surface area contributed by atoms with Crippen LogP contribution in [0.4, 0.5) is 8.78 Å². The van der Waals surface area contributed by atoms with Gasteiger partial charge in [0.1, 0.15) is 5.75 Å². The summed E-state index contributed by atoms with van der Waals surface area (Å²) in [6.45, 7) is -1.68. The van der Waals surface area contributed by atoms with Crippen molar-refractivity contribution in [1.29, 1.82) is 0 Å². The third kappa shape index (κ3) is 4.10. The number of carbonyl (C=O) groups is 2. The molecule has 2 fully saturated rings. The molecule has 2 heterocycles. The number of ether oxygens (including phenoxy) is 1. The highest BCUT2D eigenvalue weighted by Gasteiger charge is 2.38. The fourth-order valence-corrected chi connectivity index (χ4v) is 3.51. The van der Waals surface area contributed by atoms with Crippen molar-refractivity contribution in [3.8, 4) is 5.75 Å². The Hall–Kier alpha value is -2.26. The van der Waals surface area contributed by atoms with Gasteiger partial charge >= 0.3 is 12.6 Å². The van der Waals surface area contributed by atoms with Gasteiger partial charge in [-0.1, -0.05) is 12.1 Å². The zero-order valence-electron chi connectivity index (χ0n) is 14.0. The van der Waals surface area contributed by atoms with E-state index in [4.69, 9.17) is 5.11 Å². The van der Waals surface area contributed by atoms with E-state index in [9.17, 15) is 18.4 Å². The fraction of sp³-hybridized carbons (Fsp3) is 0.529. The zero-order chi connectivity index (χ0) is 18.7. The predicted octanol–water partition coefficient (Wildman–Crippen LogP) is 1.38. The molecule has 0 aliphatic carbocycles. The van der Waals surface area contributed by atoms with Crippen LogP contribution < -0.4 is 15.6 Å². The van der Waals surface area contributed by atoms with Gasteiger partial charge in [0.25, 0.3) is 0 Å². The first-order valence-electron chi connectivity index (χ1n) is 8.50. The average molecular weight is 369 g/mol. The minimum atomic E-state index is -2.91. The molecule has 0 spiro atoms. The number of benzene rings is 1. The molecule has 1 aromatic carbocycles. The number of likely N-dealkylation sites (tertiary alicyclic amines) is 1. The SMILES string of the molecule is O=C(O)C1CCN(C(=O)C2CNNC2c2cccc(OC(F)F)c2)CC1. The molecule has 2 unspecified atom stereocenters. The Balaban J connectivity index is 1.68. The Morgan fingerprint density at radius 2 is 2.00 bits per heavy atom. The molecule has 142 valence electrons. The van der Waals surface area contributed by atoms with Crippen LogP contribution in [0.1, 0.15) is 24.4 Å². The van der Waals surface area contributed by atoms with Crippen LogP contribution in [0.25, 0.3) is 0 Å². The van der Waals surface area contributed by atoms with Crippen LogP contribution in [0.15, 0.2) is 24.3 Å². The van der Waals surface area contributed by atoms with Gasteiger partial charge in [0.15, 0.2) is 0 Å².